The number of carbonyl (C=O) groups excluding carboxylic acids is 3. The first-order chi connectivity index (χ1) is 15.6. The average molecular weight is 493 g/mol. The minimum atomic E-state index is -2.99. The van der Waals surface area contributed by atoms with Crippen LogP contribution in [0, 0.1) is 11.8 Å². The predicted octanol–water partition coefficient (Wildman–Crippen LogP) is 4.30. The predicted molar refractivity (Wildman–Crippen MR) is 118 cm³/mol. The number of fused-ring (bicyclic) bond motifs is 1. The summed E-state index contributed by atoms with van der Waals surface area (Å²) in [6.45, 7) is 0.235. The summed E-state index contributed by atoms with van der Waals surface area (Å²) < 4.78 is 28.1. The number of amides is 3. The number of imide groups is 1. The maximum Gasteiger partial charge on any atom is 0.250 e. The number of hydrogen-bond acceptors (Lipinski definition) is 3. The van der Waals surface area contributed by atoms with Gasteiger partial charge in [0.1, 0.15) is 0 Å². The van der Waals surface area contributed by atoms with Crippen molar-refractivity contribution in [2.24, 2.45) is 11.8 Å². The molecule has 5 nitrogen and oxygen atoms in total. The third kappa shape index (κ3) is 3.71. The second kappa shape index (κ2) is 7.77. The lowest BCUT2D eigenvalue weighted by molar-refractivity contribution is -0.168. The second-order valence-electron chi connectivity index (χ2n) is 9.12. The lowest BCUT2D eigenvalue weighted by atomic mass is 9.61. The van der Waals surface area contributed by atoms with E-state index in [-0.39, 0.29) is 41.5 Å². The van der Waals surface area contributed by atoms with Gasteiger partial charge in [0, 0.05) is 36.0 Å². The molecule has 172 valence electrons. The molecule has 9 heteroatoms. The van der Waals surface area contributed by atoms with E-state index < -0.39 is 41.9 Å². The lowest BCUT2D eigenvalue weighted by Gasteiger charge is -2.48. The van der Waals surface area contributed by atoms with Gasteiger partial charge >= 0.3 is 0 Å². The van der Waals surface area contributed by atoms with Crippen LogP contribution in [0.5, 0.6) is 0 Å². The number of nitrogens with zero attached hydrogens (tertiary/aromatic N) is 2. The molecule has 2 atom stereocenters. The van der Waals surface area contributed by atoms with E-state index in [1.165, 1.54) is 28.0 Å². The molecule has 0 unspecified atom stereocenters. The first kappa shape index (κ1) is 22.3. The van der Waals surface area contributed by atoms with Crippen LogP contribution >= 0.6 is 23.2 Å². The number of carbonyl (C=O) groups is 3. The maximum atomic E-state index is 14.0. The first-order valence-corrected chi connectivity index (χ1v) is 11.4. The minimum absolute atomic E-state index is 0.0288. The van der Waals surface area contributed by atoms with Gasteiger partial charge in [0.25, 0.3) is 5.92 Å². The van der Waals surface area contributed by atoms with Gasteiger partial charge in [0.05, 0.1) is 23.8 Å². The van der Waals surface area contributed by atoms with Crippen LogP contribution in [0.15, 0.2) is 48.5 Å². The number of halogens is 4. The van der Waals surface area contributed by atoms with Crippen molar-refractivity contribution in [3.63, 3.8) is 0 Å². The van der Waals surface area contributed by atoms with Gasteiger partial charge < -0.3 is 4.90 Å². The standard InChI is InChI=1S/C24H20Cl2F2N2O3/c25-16-6-15(7-17(26)8-16)23(12-24(27,28)13-23)22(33)29-10-18-19(11-29)21(32)30(20(18)31)9-14-4-2-1-3-5-14/h1-8,18-19H,9-13H2/t18-,19+. The Hall–Kier alpha value is -2.51. The Kier molecular flexibility index (Phi) is 5.25. The van der Waals surface area contributed by atoms with Gasteiger partial charge in [-0.2, -0.15) is 0 Å². The summed E-state index contributed by atoms with van der Waals surface area (Å²) >= 11 is 12.2. The highest BCUT2D eigenvalue weighted by molar-refractivity contribution is 6.34. The highest BCUT2D eigenvalue weighted by atomic mass is 35.5. The Morgan fingerprint density at radius 3 is 2.00 bits per heavy atom. The quantitative estimate of drug-likeness (QED) is 0.597. The molecule has 5 rings (SSSR count). The number of likely N-dealkylation sites (tertiary alicyclic amines) is 2. The van der Waals surface area contributed by atoms with Crippen molar-refractivity contribution >= 4 is 40.9 Å². The van der Waals surface area contributed by atoms with Crippen LogP contribution in [0.2, 0.25) is 10.0 Å². The Morgan fingerprint density at radius 1 is 0.939 bits per heavy atom. The van der Waals surface area contributed by atoms with Gasteiger partial charge in [-0.1, -0.05) is 53.5 Å². The van der Waals surface area contributed by atoms with Crippen molar-refractivity contribution in [2.75, 3.05) is 13.1 Å². The Bertz CT molecular complexity index is 1110. The molecule has 1 saturated carbocycles. The van der Waals surface area contributed by atoms with Gasteiger partial charge in [-0.25, -0.2) is 8.78 Å². The topological polar surface area (TPSA) is 57.7 Å². The average Bonchev–Trinajstić information content (AvgIpc) is 3.27. The molecular formula is C24H20Cl2F2N2O3. The highest BCUT2D eigenvalue weighted by Crippen LogP contribution is 2.55. The van der Waals surface area contributed by atoms with Gasteiger partial charge in [0.2, 0.25) is 17.7 Å². The van der Waals surface area contributed by atoms with E-state index in [9.17, 15) is 23.2 Å². The molecule has 3 amide bonds. The summed E-state index contributed by atoms with van der Waals surface area (Å²) in [6, 6.07) is 13.6. The summed E-state index contributed by atoms with van der Waals surface area (Å²) in [4.78, 5) is 42.1. The first-order valence-electron chi connectivity index (χ1n) is 10.6. The molecule has 2 heterocycles. The third-order valence-electron chi connectivity index (χ3n) is 6.90. The van der Waals surface area contributed by atoms with E-state index >= 15 is 0 Å². The summed E-state index contributed by atoms with van der Waals surface area (Å²) in [5, 5.41) is 0.500. The van der Waals surface area contributed by atoms with Crippen LogP contribution in [0.4, 0.5) is 8.78 Å². The highest BCUT2D eigenvalue weighted by Gasteiger charge is 2.64. The number of alkyl halides is 2. The van der Waals surface area contributed by atoms with E-state index in [0.29, 0.717) is 5.56 Å². The molecule has 1 aliphatic carbocycles. The van der Waals surface area contributed by atoms with Gasteiger partial charge in [-0.05, 0) is 29.3 Å². The van der Waals surface area contributed by atoms with Gasteiger partial charge in [-0.15, -0.1) is 0 Å². The van der Waals surface area contributed by atoms with E-state index in [0.717, 1.165) is 5.56 Å². The van der Waals surface area contributed by atoms with Crippen LogP contribution in [-0.4, -0.2) is 46.5 Å². The van der Waals surface area contributed by atoms with E-state index in [2.05, 4.69) is 0 Å². The molecule has 3 fully saturated rings. The molecule has 3 aliphatic rings. The van der Waals surface area contributed by atoms with E-state index in [1.54, 1.807) is 0 Å². The minimum Gasteiger partial charge on any atom is -0.340 e. The fourth-order valence-corrected chi connectivity index (χ4v) is 5.87. The molecule has 2 saturated heterocycles. The zero-order chi connectivity index (χ0) is 23.5. The molecule has 0 bridgehead atoms. The smallest absolute Gasteiger partial charge is 0.250 e. The van der Waals surface area contributed by atoms with Crippen molar-refractivity contribution < 1.29 is 23.2 Å². The van der Waals surface area contributed by atoms with Crippen LogP contribution in [0.3, 0.4) is 0 Å². The molecule has 0 spiro atoms. The zero-order valence-electron chi connectivity index (χ0n) is 17.4. The zero-order valence-corrected chi connectivity index (χ0v) is 19.0. The molecule has 0 aromatic heterocycles. The molecule has 0 N–H and O–H groups in total. The lowest BCUT2D eigenvalue weighted by Crippen LogP contribution is -2.59. The maximum absolute atomic E-state index is 14.0. The van der Waals surface area contributed by atoms with Crippen molar-refractivity contribution in [2.45, 2.75) is 30.7 Å². The van der Waals surface area contributed by atoms with E-state index in [4.69, 9.17) is 23.2 Å². The van der Waals surface area contributed by atoms with Crippen LogP contribution in [0.25, 0.3) is 0 Å². The molecular weight excluding hydrogens is 473 g/mol. The monoisotopic (exact) mass is 492 g/mol. The van der Waals surface area contributed by atoms with Crippen molar-refractivity contribution in [1.82, 2.24) is 9.80 Å². The number of rotatable bonds is 4. The Morgan fingerprint density at radius 2 is 1.48 bits per heavy atom. The van der Waals surface area contributed by atoms with E-state index in [1.807, 2.05) is 30.3 Å². The Balaban J connectivity index is 1.37. The molecule has 2 aliphatic heterocycles. The number of hydrogen-bond donors (Lipinski definition) is 0. The summed E-state index contributed by atoms with van der Waals surface area (Å²) in [7, 11) is 0. The normalized spacial score (nSPS) is 25.2. The molecule has 0 radical (unpaired) electrons. The van der Waals surface area contributed by atoms with Crippen LogP contribution < -0.4 is 0 Å². The summed E-state index contributed by atoms with van der Waals surface area (Å²) in [5.74, 6) is -5.49. The largest absolute Gasteiger partial charge is 0.340 e. The number of benzene rings is 2. The second-order valence-corrected chi connectivity index (χ2v) is 9.99. The summed E-state index contributed by atoms with van der Waals surface area (Å²) in [6.07, 6.45) is -1.33. The molecule has 2 aromatic carbocycles. The molecule has 33 heavy (non-hydrogen) atoms. The van der Waals surface area contributed by atoms with Gasteiger partial charge in [0.15, 0.2) is 0 Å². The summed E-state index contributed by atoms with van der Waals surface area (Å²) in [5.41, 5.74) is -0.316. The molecule has 2 aromatic rings. The van der Waals surface area contributed by atoms with Crippen molar-refractivity contribution in [3.05, 3.63) is 69.7 Å². The van der Waals surface area contributed by atoms with Crippen LogP contribution in [-0.2, 0) is 26.3 Å². The fourth-order valence-electron chi connectivity index (χ4n) is 5.34. The van der Waals surface area contributed by atoms with Gasteiger partial charge in [-0.3, -0.25) is 19.3 Å². The van der Waals surface area contributed by atoms with Crippen molar-refractivity contribution in [3.8, 4) is 0 Å². The van der Waals surface area contributed by atoms with Crippen molar-refractivity contribution in [1.29, 1.82) is 0 Å². The fraction of sp³-hybridized carbons (Fsp3) is 0.375. The SMILES string of the molecule is O=C1[C@H]2CN(C(=O)C3(c4cc(Cl)cc(Cl)c4)CC(F)(F)C3)C[C@H]2C(=O)N1Cc1ccccc1. The Labute approximate surface area is 199 Å². The third-order valence-corrected chi connectivity index (χ3v) is 7.34. The van der Waals surface area contributed by atoms with Crippen LogP contribution in [0.1, 0.15) is 24.0 Å².